The maximum absolute atomic E-state index is 10.8. The Balaban J connectivity index is 1.96. The van der Waals surface area contributed by atoms with Crippen LogP contribution in [-0.2, 0) is 0 Å². The lowest BCUT2D eigenvalue weighted by Crippen LogP contribution is -2.05. The summed E-state index contributed by atoms with van der Waals surface area (Å²) in [5, 5.41) is 31.7. The van der Waals surface area contributed by atoms with Crippen LogP contribution in [0, 0.1) is 21.4 Å². The van der Waals surface area contributed by atoms with Gasteiger partial charge in [0.05, 0.1) is 16.8 Å². The summed E-state index contributed by atoms with van der Waals surface area (Å²) in [6.45, 7) is 0. The van der Waals surface area contributed by atoms with Crippen molar-refractivity contribution in [2.75, 3.05) is 5.73 Å². The van der Waals surface area contributed by atoms with Crippen molar-refractivity contribution in [2.45, 2.75) is 0 Å². The Labute approximate surface area is 129 Å². The predicted molar refractivity (Wildman–Crippen MR) is 80.4 cm³/mol. The molecule has 0 saturated carbocycles. The van der Waals surface area contributed by atoms with Gasteiger partial charge in [-0.25, -0.2) is 0 Å². The number of nitro benzene ring substituents is 1. The van der Waals surface area contributed by atoms with Gasteiger partial charge in [0.25, 0.3) is 5.69 Å². The monoisotopic (exact) mass is 307 g/mol. The van der Waals surface area contributed by atoms with E-state index in [1.54, 1.807) is 24.3 Å². The van der Waals surface area contributed by atoms with E-state index >= 15 is 0 Å². The molecule has 0 aliphatic rings. The van der Waals surface area contributed by atoms with Crippen LogP contribution in [0.25, 0.3) is 17.1 Å². The molecule has 112 valence electrons. The lowest BCUT2D eigenvalue weighted by Gasteiger charge is -2.04. The van der Waals surface area contributed by atoms with Gasteiger partial charge in [0.1, 0.15) is 17.5 Å². The quantitative estimate of drug-likeness (QED) is 0.574. The van der Waals surface area contributed by atoms with Gasteiger partial charge in [-0.15, -0.1) is 10.2 Å². The Morgan fingerprint density at radius 3 is 2.70 bits per heavy atom. The molecule has 9 nitrogen and oxygen atoms in total. The number of benzene rings is 1. The van der Waals surface area contributed by atoms with E-state index in [1.165, 1.54) is 23.0 Å². The minimum absolute atomic E-state index is 0.0247. The molecular weight excluding hydrogens is 298 g/mol. The highest BCUT2D eigenvalue weighted by atomic mass is 16.6. The van der Waals surface area contributed by atoms with Crippen LogP contribution in [0.4, 0.5) is 11.5 Å². The largest absolute Gasteiger partial charge is 0.382 e. The highest BCUT2D eigenvalue weighted by molar-refractivity contribution is 5.62. The van der Waals surface area contributed by atoms with E-state index < -0.39 is 4.92 Å². The van der Waals surface area contributed by atoms with Crippen LogP contribution in [0.2, 0.25) is 0 Å². The summed E-state index contributed by atoms with van der Waals surface area (Å²) in [4.78, 5) is 10.3. The summed E-state index contributed by atoms with van der Waals surface area (Å²) in [7, 11) is 0. The fourth-order valence-electron chi connectivity index (χ4n) is 2.00. The first-order valence-electron chi connectivity index (χ1n) is 6.42. The Morgan fingerprint density at radius 2 is 2.09 bits per heavy atom. The van der Waals surface area contributed by atoms with Gasteiger partial charge >= 0.3 is 0 Å². The number of hydrogen-bond acceptors (Lipinski definition) is 7. The lowest BCUT2D eigenvalue weighted by atomic mass is 10.1. The second-order valence-electron chi connectivity index (χ2n) is 4.55. The number of nitrogens with two attached hydrogens (primary N) is 1. The Kier molecular flexibility index (Phi) is 3.40. The molecule has 2 aromatic heterocycles. The summed E-state index contributed by atoms with van der Waals surface area (Å²) < 4.78 is 1.29. The molecule has 3 aromatic rings. The maximum atomic E-state index is 10.8. The molecule has 0 radical (unpaired) electrons. The third-order valence-corrected chi connectivity index (χ3v) is 3.15. The maximum Gasteiger partial charge on any atom is 0.270 e. The molecule has 2 N–H and O–H groups in total. The van der Waals surface area contributed by atoms with Crippen LogP contribution >= 0.6 is 0 Å². The Morgan fingerprint density at radius 1 is 1.26 bits per heavy atom. The van der Waals surface area contributed by atoms with E-state index in [9.17, 15) is 10.1 Å². The number of rotatable bonds is 3. The van der Waals surface area contributed by atoms with Gasteiger partial charge in [-0.2, -0.15) is 15.0 Å². The van der Waals surface area contributed by atoms with Crippen molar-refractivity contribution in [3.05, 3.63) is 58.3 Å². The molecule has 3 rings (SSSR count). The van der Waals surface area contributed by atoms with E-state index in [1.807, 2.05) is 6.07 Å². The third kappa shape index (κ3) is 2.56. The topological polar surface area (TPSA) is 137 Å². The fraction of sp³-hybridized carbons (Fsp3) is 0. The molecule has 0 fully saturated rings. The number of aromatic nitrogens is 4. The van der Waals surface area contributed by atoms with E-state index in [0.717, 1.165) is 0 Å². The standard InChI is InChI=1S/C14H9N7O2/c15-7-10-8-17-20(14(10)16)13-5-4-12(18-19-13)9-2-1-3-11(6-9)21(22)23/h1-6,8H,16H2. The molecule has 0 unspecified atom stereocenters. The average molecular weight is 307 g/mol. The summed E-state index contributed by atoms with van der Waals surface area (Å²) in [5.74, 6) is 0.517. The molecule has 0 amide bonds. The molecule has 0 aliphatic heterocycles. The van der Waals surface area contributed by atoms with E-state index in [4.69, 9.17) is 11.0 Å². The fourth-order valence-corrected chi connectivity index (χ4v) is 2.00. The number of non-ortho nitro benzene ring substituents is 1. The minimum Gasteiger partial charge on any atom is -0.382 e. The van der Waals surface area contributed by atoms with Crippen molar-refractivity contribution in [1.82, 2.24) is 20.0 Å². The predicted octanol–water partition coefficient (Wildman–Crippen LogP) is 1.69. The van der Waals surface area contributed by atoms with Gasteiger partial charge in [-0.05, 0) is 12.1 Å². The molecule has 2 heterocycles. The number of anilines is 1. The van der Waals surface area contributed by atoms with Gasteiger partial charge in [-0.1, -0.05) is 12.1 Å². The van der Waals surface area contributed by atoms with Gasteiger partial charge < -0.3 is 5.73 Å². The van der Waals surface area contributed by atoms with Gasteiger partial charge in [0, 0.05) is 17.7 Å². The number of nitrogen functional groups attached to an aromatic ring is 1. The van der Waals surface area contributed by atoms with Crippen molar-refractivity contribution in [2.24, 2.45) is 0 Å². The third-order valence-electron chi connectivity index (χ3n) is 3.15. The van der Waals surface area contributed by atoms with E-state index in [-0.39, 0.29) is 17.1 Å². The molecule has 0 atom stereocenters. The van der Waals surface area contributed by atoms with Crippen molar-refractivity contribution in [3.8, 4) is 23.1 Å². The van der Waals surface area contributed by atoms with Crippen LogP contribution < -0.4 is 5.73 Å². The average Bonchev–Trinajstić information content (AvgIpc) is 2.96. The molecule has 0 saturated heterocycles. The zero-order chi connectivity index (χ0) is 16.4. The zero-order valence-electron chi connectivity index (χ0n) is 11.6. The smallest absolute Gasteiger partial charge is 0.270 e. The first-order chi connectivity index (χ1) is 11.1. The van der Waals surface area contributed by atoms with Crippen LogP contribution in [-0.4, -0.2) is 24.9 Å². The molecule has 1 aromatic carbocycles. The first-order valence-corrected chi connectivity index (χ1v) is 6.42. The van der Waals surface area contributed by atoms with Crippen LogP contribution in [0.5, 0.6) is 0 Å². The summed E-state index contributed by atoms with van der Waals surface area (Å²) in [6, 6.07) is 11.3. The van der Waals surface area contributed by atoms with Crippen molar-refractivity contribution < 1.29 is 4.92 Å². The van der Waals surface area contributed by atoms with E-state index in [0.29, 0.717) is 17.1 Å². The highest BCUT2D eigenvalue weighted by Gasteiger charge is 2.12. The van der Waals surface area contributed by atoms with Crippen LogP contribution in [0.3, 0.4) is 0 Å². The van der Waals surface area contributed by atoms with Crippen LogP contribution in [0.1, 0.15) is 5.56 Å². The first kappa shape index (κ1) is 14.2. The molecule has 0 spiro atoms. The lowest BCUT2D eigenvalue weighted by molar-refractivity contribution is -0.384. The van der Waals surface area contributed by atoms with Crippen molar-refractivity contribution in [1.29, 1.82) is 5.26 Å². The molecule has 23 heavy (non-hydrogen) atoms. The van der Waals surface area contributed by atoms with Gasteiger partial charge in [-0.3, -0.25) is 10.1 Å². The molecular formula is C14H9N7O2. The van der Waals surface area contributed by atoms with Crippen molar-refractivity contribution >= 4 is 11.5 Å². The van der Waals surface area contributed by atoms with Crippen molar-refractivity contribution in [3.63, 3.8) is 0 Å². The second-order valence-corrected chi connectivity index (χ2v) is 4.55. The molecule has 0 aliphatic carbocycles. The Bertz CT molecular complexity index is 925. The van der Waals surface area contributed by atoms with Gasteiger partial charge in [0.2, 0.25) is 0 Å². The van der Waals surface area contributed by atoms with E-state index in [2.05, 4.69) is 15.3 Å². The normalized spacial score (nSPS) is 10.2. The second kappa shape index (κ2) is 5.53. The van der Waals surface area contributed by atoms with Crippen LogP contribution in [0.15, 0.2) is 42.6 Å². The minimum atomic E-state index is -0.473. The summed E-state index contributed by atoms with van der Waals surface area (Å²) >= 11 is 0. The summed E-state index contributed by atoms with van der Waals surface area (Å²) in [5.41, 5.74) is 7.05. The number of hydrogen-bond donors (Lipinski definition) is 1. The number of nitrogens with zero attached hydrogens (tertiary/aromatic N) is 6. The highest BCUT2D eigenvalue weighted by Crippen LogP contribution is 2.22. The Hall–Kier alpha value is -3.80. The number of nitro groups is 1. The molecule has 9 heteroatoms. The SMILES string of the molecule is N#Cc1cnn(-c2ccc(-c3cccc([N+](=O)[O-])c3)nn2)c1N. The summed E-state index contributed by atoms with van der Waals surface area (Å²) in [6.07, 6.45) is 1.34. The zero-order valence-corrected chi connectivity index (χ0v) is 11.6. The number of nitriles is 1. The molecule has 0 bridgehead atoms. The van der Waals surface area contributed by atoms with Gasteiger partial charge in [0.15, 0.2) is 5.82 Å².